The van der Waals surface area contributed by atoms with E-state index in [1.807, 2.05) is 42.2 Å². The van der Waals surface area contributed by atoms with E-state index in [1.54, 1.807) is 0 Å². The number of para-hydroxylation sites is 2. The summed E-state index contributed by atoms with van der Waals surface area (Å²) in [7, 11) is 0. The molecule has 0 saturated heterocycles. The van der Waals surface area contributed by atoms with Gasteiger partial charge in [-0.25, -0.2) is 0 Å². The van der Waals surface area contributed by atoms with Gasteiger partial charge in [0.05, 0.1) is 12.2 Å². The maximum atomic E-state index is 13.7. The lowest BCUT2D eigenvalue weighted by molar-refractivity contribution is 0.0968. The molecule has 144 valence electrons. The van der Waals surface area contributed by atoms with Crippen LogP contribution < -0.4 is 9.64 Å². The Labute approximate surface area is 166 Å². The number of ether oxygens (including phenoxy) is 1. The fraction of sp³-hybridized carbons (Fsp3) is 0.292. The molecule has 1 aliphatic rings. The zero-order valence-electron chi connectivity index (χ0n) is 16.7. The van der Waals surface area contributed by atoms with Crippen LogP contribution in [0.3, 0.4) is 0 Å². The van der Waals surface area contributed by atoms with Gasteiger partial charge < -0.3 is 14.2 Å². The molecule has 0 atom stereocenters. The van der Waals surface area contributed by atoms with E-state index in [-0.39, 0.29) is 5.91 Å². The van der Waals surface area contributed by atoms with Crippen molar-refractivity contribution in [3.05, 3.63) is 71.9 Å². The Morgan fingerprint density at radius 3 is 2.79 bits per heavy atom. The van der Waals surface area contributed by atoms with Crippen LogP contribution in [0, 0.1) is 6.92 Å². The smallest absolute Gasteiger partial charge is 0.275 e. The lowest BCUT2D eigenvalue weighted by Gasteiger charge is -2.30. The monoisotopic (exact) mass is 374 g/mol. The standard InChI is InChI=1S/C24H26N2O2/c1-5-12-25-20-11-10-18(16(2)3)15-19(20)17(4)23(25)24(27)26-13-14-28-22-9-7-6-8-21(22)26/h5-11,15-16H,1,12-14H2,2-4H3. The molecule has 0 saturated carbocycles. The Morgan fingerprint density at radius 1 is 1.25 bits per heavy atom. The van der Waals surface area contributed by atoms with Crippen molar-refractivity contribution in [2.75, 3.05) is 18.1 Å². The molecular formula is C24H26N2O2. The number of anilines is 1. The molecule has 0 bridgehead atoms. The first-order valence-electron chi connectivity index (χ1n) is 9.80. The Hall–Kier alpha value is -3.01. The van der Waals surface area contributed by atoms with Crippen molar-refractivity contribution >= 4 is 22.5 Å². The third-order valence-corrected chi connectivity index (χ3v) is 5.50. The van der Waals surface area contributed by atoms with Crippen LogP contribution in [0.25, 0.3) is 10.9 Å². The van der Waals surface area contributed by atoms with Gasteiger partial charge in [0, 0.05) is 17.4 Å². The molecule has 2 heterocycles. The van der Waals surface area contributed by atoms with Crippen molar-refractivity contribution in [1.29, 1.82) is 0 Å². The van der Waals surface area contributed by atoms with Crippen LogP contribution in [0.1, 0.15) is 41.4 Å². The minimum atomic E-state index is 0.0115. The van der Waals surface area contributed by atoms with E-state index < -0.39 is 0 Å². The fourth-order valence-electron chi connectivity index (χ4n) is 4.00. The van der Waals surface area contributed by atoms with Crippen LogP contribution in [-0.4, -0.2) is 23.6 Å². The van der Waals surface area contributed by atoms with Crippen LogP contribution in [0.15, 0.2) is 55.1 Å². The topological polar surface area (TPSA) is 34.5 Å². The van der Waals surface area contributed by atoms with E-state index in [4.69, 9.17) is 4.74 Å². The number of aryl methyl sites for hydroxylation is 1. The second-order valence-corrected chi connectivity index (χ2v) is 7.58. The quantitative estimate of drug-likeness (QED) is 0.581. The number of nitrogens with zero attached hydrogens (tertiary/aromatic N) is 2. The van der Waals surface area contributed by atoms with E-state index in [2.05, 4.69) is 43.2 Å². The summed E-state index contributed by atoms with van der Waals surface area (Å²) in [5.74, 6) is 1.21. The molecule has 0 unspecified atom stereocenters. The molecule has 4 rings (SSSR count). The molecule has 1 aromatic heterocycles. The first-order valence-corrected chi connectivity index (χ1v) is 9.80. The fourth-order valence-corrected chi connectivity index (χ4v) is 4.00. The minimum absolute atomic E-state index is 0.0115. The molecule has 28 heavy (non-hydrogen) atoms. The van der Waals surface area contributed by atoms with Crippen LogP contribution in [-0.2, 0) is 6.54 Å². The van der Waals surface area contributed by atoms with Crippen molar-refractivity contribution in [3.8, 4) is 5.75 Å². The Bertz CT molecular complexity index is 1060. The van der Waals surface area contributed by atoms with Crippen molar-refractivity contribution in [3.63, 3.8) is 0 Å². The number of hydrogen-bond donors (Lipinski definition) is 0. The zero-order valence-corrected chi connectivity index (χ0v) is 16.7. The summed E-state index contributed by atoms with van der Waals surface area (Å²) in [5.41, 5.74) is 4.94. The molecule has 4 nitrogen and oxygen atoms in total. The van der Waals surface area contributed by atoms with Gasteiger partial charge in [-0.3, -0.25) is 4.79 Å². The van der Waals surface area contributed by atoms with E-state index in [1.165, 1.54) is 5.56 Å². The number of fused-ring (bicyclic) bond motifs is 2. The lowest BCUT2D eigenvalue weighted by Crippen LogP contribution is -2.39. The third-order valence-electron chi connectivity index (χ3n) is 5.50. The summed E-state index contributed by atoms with van der Waals surface area (Å²) >= 11 is 0. The number of benzene rings is 2. The summed E-state index contributed by atoms with van der Waals surface area (Å²) in [6.45, 7) is 12.0. The van der Waals surface area contributed by atoms with Gasteiger partial charge in [0.1, 0.15) is 18.1 Å². The summed E-state index contributed by atoms with van der Waals surface area (Å²) in [5, 5.41) is 1.14. The minimum Gasteiger partial charge on any atom is -0.490 e. The molecule has 1 aliphatic heterocycles. The summed E-state index contributed by atoms with van der Waals surface area (Å²) < 4.78 is 7.82. The molecule has 2 aromatic carbocycles. The number of amides is 1. The summed E-state index contributed by atoms with van der Waals surface area (Å²) in [4.78, 5) is 15.5. The van der Waals surface area contributed by atoms with Crippen molar-refractivity contribution in [2.24, 2.45) is 0 Å². The average Bonchev–Trinajstić information content (AvgIpc) is 2.98. The third kappa shape index (κ3) is 2.89. The van der Waals surface area contributed by atoms with Gasteiger partial charge >= 0.3 is 0 Å². The van der Waals surface area contributed by atoms with Gasteiger partial charge in [-0.2, -0.15) is 0 Å². The highest BCUT2D eigenvalue weighted by molar-refractivity contribution is 6.10. The normalized spacial score (nSPS) is 13.5. The van der Waals surface area contributed by atoms with E-state index in [9.17, 15) is 4.79 Å². The highest BCUT2D eigenvalue weighted by Crippen LogP contribution is 2.35. The number of rotatable bonds is 4. The number of carbonyl (C=O) groups excluding carboxylic acids is 1. The maximum Gasteiger partial charge on any atom is 0.275 e. The van der Waals surface area contributed by atoms with E-state index >= 15 is 0 Å². The van der Waals surface area contributed by atoms with Gasteiger partial charge in [-0.05, 0) is 48.2 Å². The van der Waals surface area contributed by atoms with E-state index in [0.29, 0.717) is 25.6 Å². The Balaban J connectivity index is 1.88. The molecule has 0 fully saturated rings. The first kappa shape index (κ1) is 18.4. The average molecular weight is 374 g/mol. The Kier molecular flexibility index (Phi) is 4.71. The molecule has 4 heteroatoms. The molecule has 1 amide bonds. The van der Waals surface area contributed by atoms with Crippen molar-refractivity contribution < 1.29 is 9.53 Å². The molecule has 0 aliphatic carbocycles. The van der Waals surface area contributed by atoms with Crippen molar-refractivity contribution in [1.82, 2.24) is 4.57 Å². The van der Waals surface area contributed by atoms with Crippen molar-refractivity contribution in [2.45, 2.75) is 33.2 Å². The molecule has 0 N–H and O–H groups in total. The molecule has 0 spiro atoms. The predicted octanol–water partition coefficient (Wildman–Crippen LogP) is 5.30. The summed E-state index contributed by atoms with van der Waals surface area (Å²) in [6.07, 6.45) is 1.85. The lowest BCUT2D eigenvalue weighted by atomic mass is 10.0. The molecular weight excluding hydrogens is 348 g/mol. The second kappa shape index (κ2) is 7.19. The zero-order chi connectivity index (χ0) is 19.8. The SMILES string of the molecule is C=CCn1c(C(=O)N2CCOc3ccccc32)c(C)c2cc(C(C)C)ccc21. The van der Waals surface area contributed by atoms with Gasteiger partial charge in [0.25, 0.3) is 5.91 Å². The highest BCUT2D eigenvalue weighted by Gasteiger charge is 2.29. The Morgan fingerprint density at radius 2 is 2.04 bits per heavy atom. The second-order valence-electron chi connectivity index (χ2n) is 7.58. The number of carbonyl (C=O) groups is 1. The largest absolute Gasteiger partial charge is 0.490 e. The number of allylic oxidation sites excluding steroid dienone is 1. The molecule has 3 aromatic rings. The van der Waals surface area contributed by atoms with Crippen LogP contribution in [0.5, 0.6) is 5.75 Å². The van der Waals surface area contributed by atoms with Crippen LogP contribution >= 0.6 is 0 Å². The van der Waals surface area contributed by atoms with Crippen LogP contribution in [0.4, 0.5) is 5.69 Å². The number of hydrogen-bond acceptors (Lipinski definition) is 2. The van der Waals surface area contributed by atoms with Gasteiger partial charge in [0.2, 0.25) is 0 Å². The summed E-state index contributed by atoms with van der Waals surface area (Å²) in [6, 6.07) is 14.2. The number of aromatic nitrogens is 1. The van der Waals surface area contributed by atoms with Crippen LogP contribution in [0.2, 0.25) is 0 Å². The molecule has 0 radical (unpaired) electrons. The van der Waals surface area contributed by atoms with E-state index in [0.717, 1.165) is 33.6 Å². The van der Waals surface area contributed by atoms with Gasteiger partial charge in [-0.15, -0.1) is 6.58 Å². The predicted molar refractivity (Wildman–Crippen MR) is 115 cm³/mol. The highest BCUT2D eigenvalue weighted by atomic mass is 16.5. The first-order chi connectivity index (χ1) is 13.5. The maximum absolute atomic E-state index is 13.7. The van der Waals surface area contributed by atoms with Gasteiger partial charge in [0.15, 0.2) is 0 Å². The van der Waals surface area contributed by atoms with Gasteiger partial charge in [-0.1, -0.05) is 38.1 Å².